The number of benzene rings is 4. The average molecular weight is 598 g/mol. The third kappa shape index (κ3) is 6.54. The lowest BCUT2D eigenvalue weighted by atomic mass is 10.1. The number of carbonyl (C=O) groups is 3. The Bertz CT molecular complexity index is 1730. The molecular weight excluding hydrogens is 570 g/mol. The molecule has 0 spiro atoms. The Morgan fingerprint density at radius 3 is 2.20 bits per heavy atom. The Balaban J connectivity index is 1.24. The maximum absolute atomic E-state index is 13.0. The second-order valence-corrected chi connectivity index (χ2v) is 9.14. The topological polar surface area (TPSA) is 143 Å². The maximum atomic E-state index is 13.0. The summed E-state index contributed by atoms with van der Waals surface area (Å²) in [5.41, 5.74) is 4.08. The van der Waals surface area contributed by atoms with Crippen molar-refractivity contribution in [3.8, 4) is 34.5 Å². The quantitative estimate of drug-likeness (QED) is 0.115. The van der Waals surface area contributed by atoms with Gasteiger partial charge in [0.2, 0.25) is 12.5 Å². The number of ether oxygens (including phenoxy) is 6. The van der Waals surface area contributed by atoms with Gasteiger partial charge in [0.25, 0.3) is 11.8 Å². The van der Waals surface area contributed by atoms with Crippen LogP contribution in [0, 0.1) is 0 Å². The monoisotopic (exact) mass is 597 g/mol. The molecule has 0 atom stereocenters. The van der Waals surface area contributed by atoms with Crippen LogP contribution in [0.25, 0.3) is 0 Å². The number of fused-ring (bicyclic) bond motifs is 1. The first kappa shape index (κ1) is 29.5. The summed E-state index contributed by atoms with van der Waals surface area (Å²) in [6.07, 6.45) is 1.35. The number of hydrazone groups is 1. The lowest BCUT2D eigenvalue weighted by Crippen LogP contribution is -2.18. The summed E-state index contributed by atoms with van der Waals surface area (Å²) < 4.78 is 32.1. The molecular formula is C32H27N3O9. The molecule has 224 valence electrons. The molecule has 0 fully saturated rings. The predicted molar refractivity (Wildman–Crippen MR) is 160 cm³/mol. The number of rotatable bonds is 10. The van der Waals surface area contributed by atoms with Crippen LogP contribution < -0.4 is 39.2 Å². The molecule has 2 amide bonds. The van der Waals surface area contributed by atoms with Gasteiger partial charge in [0.15, 0.2) is 23.0 Å². The molecule has 5 rings (SSSR count). The minimum atomic E-state index is -0.672. The van der Waals surface area contributed by atoms with E-state index in [1.54, 1.807) is 60.7 Å². The molecule has 44 heavy (non-hydrogen) atoms. The van der Waals surface area contributed by atoms with Gasteiger partial charge in [-0.15, -0.1) is 0 Å². The predicted octanol–water partition coefficient (Wildman–Crippen LogP) is 4.68. The highest BCUT2D eigenvalue weighted by Gasteiger charge is 2.20. The number of nitrogens with zero attached hydrogens (tertiary/aromatic N) is 1. The summed E-state index contributed by atoms with van der Waals surface area (Å²) in [5.74, 6) is 0.629. The van der Waals surface area contributed by atoms with E-state index in [9.17, 15) is 14.4 Å². The molecule has 0 bridgehead atoms. The van der Waals surface area contributed by atoms with Crippen molar-refractivity contribution in [2.45, 2.75) is 0 Å². The van der Waals surface area contributed by atoms with Gasteiger partial charge >= 0.3 is 5.97 Å². The molecule has 0 aliphatic carbocycles. The highest BCUT2D eigenvalue weighted by Crippen LogP contribution is 2.38. The zero-order valence-electron chi connectivity index (χ0n) is 23.9. The fourth-order valence-corrected chi connectivity index (χ4v) is 4.24. The summed E-state index contributed by atoms with van der Waals surface area (Å²) in [4.78, 5) is 38.5. The van der Waals surface area contributed by atoms with Gasteiger partial charge in [-0.25, -0.2) is 10.2 Å². The van der Waals surface area contributed by atoms with Crippen LogP contribution >= 0.6 is 0 Å². The van der Waals surface area contributed by atoms with Crippen molar-refractivity contribution < 1.29 is 42.8 Å². The van der Waals surface area contributed by atoms with Gasteiger partial charge in [0, 0.05) is 22.4 Å². The van der Waals surface area contributed by atoms with E-state index in [4.69, 9.17) is 28.4 Å². The third-order valence-corrected chi connectivity index (χ3v) is 6.41. The molecule has 12 heteroatoms. The maximum Gasteiger partial charge on any atom is 0.343 e. The second-order valence-electron chi connectivity index (χ2n) is 9.14. The van der Waals surface area contributed by atoms with Crippen LogP contribution in [0.2, 0.25) is 0 Å². The summed E-state index contributed by atoms with van der Waals surface area (Å²) >= 11 is 0. The zero-order valence-corrected chi connectivity index (χ0v) is 23.9. The van der Waals surface area contributed by atoms with E-state index in [2.05, 4.69) is 15.8 Å². The first-order chi connectivity index (χ1) is 21.4. The van der Waals surface area contributed by atoms with Gasteiger partial charge in [0.05, 0.1) is 33.1 Å². The van der Waals surface area contributed by atoms with Crippen molar-refractivity contribution in [2.75, 3.05) is 33.4 Å². The lowest BCUT2D eigenvalue weighted by molar-refractivity contribution is 0.0733. The lowest BCUT2D eigenvalue weighted by Gasteiger charge is -2.14. The van der Waals surface area contributed by atoms with Crippen LogP contribution in [0.1, 0.15) is 36.6 Å². The number of hydrogen-bond acceptors (Lipinski definition) is 10. The van der Waals surface area contributed by atoms with E-state index in [0.717, 1.165) is 0 Å². The molecule has 0 saturated heterocycles. The standard InChI is InChI=1S/C32H27N3O9/c1-39-27-15-22(16-28(40-2)29(27)41-3)32(38)44-24-10-5-4-7-21(24)17-33-35-31(37)19-8-6-9-23(13-19)34-30(36)20-11-12-25-26(14-20)43-18-42-25/h4-17H,18H2,1-3H3,(H,34,36)(H,35,37). The Hall–Kier alpha value is -6.04. The number of methoxy groups -OCH3 is 3. The summed E-state index contributed by atoms with van der Waals surface area (Å²) in [6, 6.07) is 20.9. The van der Waals surface area contributed by atoms with Crippen LogP contribution in [0.3, 0.4) is 0 Å². The van der Waals surface area contributed by atoms with Crippen molar-refractivity contribution in [3.05, 3.63) is 101 Å². The van der Waals surface area contributed by atoms with E-state index in [1.807, 2.05) is 0 Å². The minimum Gasteiger partial charge on any atom is -0.493 e. The number of carbonyl (C=O) groups excluding carboxylic acids is 3. The normalized spacial score (nSPS) is 11.5. The number of esters is 1. The van der Waals surface area contributed by atoms with Crippen molar-refractivity contribution in [3.63, 3.8) is 0 Å². The van der Waals surface area contributed by atoms with Crippen LogP contribution in [0.15, 0.2) is 84.0 Å². The highest BCUT2D eigenvalue weighted by molar-refractivity contribution is 6.05. The van der Waals surface area contributed by atoms with Crippen LogP contribution in [-0.4, -0.2) is 52.1 Å². The SMILES string of the molecule is COc1cc(C(=O)Oc2ccccc2C=NNC(=O)c2cccc(NC(=O)c3ccc4c(c3)OCO4)c2)cc(OC)c1OC. The van der Waals surface area contributed by atoms with E-state index >= 15 is 0 Å². The van der Waals surface area contributed by atoms with E-state index in [0.29, 0.717) is 45.6 Å². The van der Waals surface area contributed by atoms with E-state index < -0.39 is 11.9 Å². The van der Waals surface area contributed by atoms with Gasteiger partial charge in [-0.2, -0.15) is 5.10 Å². The number of nitrogens with one attached hydrogen (secondary N) is 2. The van der Waals surface area contributed by atoms with Crippen LogP contribution in [-0.2, 0) is 0 Å². The summed E-state index contributed by atoms with van der Waals surface area (Å²) in [7, 11) is 4.35. The van der Waals surface area contributed by atoms with Gasteiger partial charge in [-0.05, 0) is 60.7 Å². The molecule has 1 heterocycles. The smallest absolute Gasteiger partial charge is 0.343 e. The fourth-order valence-electron chi connectivity index (χ4n) is 4.24. The number of amides is 2. The summed E-state index contributed by atoms with van der Waals surface area (Å²) in [6.45, 7) is 0.103. The molecule has 4 aromatic rings. The molecule has 2 N–H and O–H groups in total. The largest absolute Gasteiger partial charge is 0.493 e. The zero-order chi connectivity index (χ0) is 31.1. The van der Waals surface area contributed by atoms with Crippen molar-refractivity contribution in [2.24, 2.45) is 5.10 Å². The molecule has 0 unspecified atom stereocenters. The van der Waals surface area contributed by atoms with Crippen LogP contribution in [0.5, 0.6) is 34.5 Å². The Labute approximate surface area is 252 Å². The van der Waals surface area contributed by atoms with Crippen LogP contribution in [0.4, 0.5) is 5.69 Å². The van der Waals surface area contributed by atoms with E-state index in [1.165, 1.54) is 45.7 Å². The Kier molecular flexibility index (Phi) is 8.90. The van der Waals surface area contributed by atoms with Gasteiger partial charge in [-0.3, -0.25) is 9.59 Å². The molecule has 1 aliphatic heterocycles. The van der Waals surface area contributed by atoms with Gasteiger partial charge in [-0.1, -0.05) is 18.2 Å². The molecule has 1 aliphatic rings. The number of hydrogen-bond donors (Lipinski definition) is 2. The van der Waals surface area contributed by atoms with Gasteiger partial charge < -0.3 is 33.7 Å². The van der Waals surface area contributed by atoms with Crippen molar-refractivity contribution >= 4 is 29.7 Å². The first-order valence-corrected chi connectivity index (χ1v) is 13.2. The minimum absolute atomic E-state index is 0.103. The van der Waals surface area contributed by atoms with Gasteiger partial charge in [0.1, 0.15) is 5.75 Å². The molecule has 4 aromatic carbocycles. The van der Waals surface area contributed by atoms with Crippen molar-refractivity contribution in [1.82, 2.24) is 5.43 Å². The molecule has 0 saturated carbocycles. The Morgan fingerprint density at radius 2 is 1.45 bits per heavy atom. The van der Waals surface area contributed by atoms with E-state index in [-0.39, 0.29) is 29.6 Å². The molecule has 12 nitrogen and oxygen atoms in total. The molecule has 0 aromatic heterocycles. The third-order valence-electron chi connectivity index (χ3n) is 6.41. The summed E-state index contributed by atoms with van der Waals surface area (Å²) in [5, 5.41) is 6.78. The average Bonchev–Trinajstić information content (AvgIpc) is 3.53. The molecule has 0 radical (unpaired) electrons. The number of para-hydroxylation sites is 1. The van der Waals surface area contributed by atoms with Crippen molar-refractivity contribution in [1.29, 1.82) is 0 Å². The number of anilines is 1. The highest BCUT2D eigenvalue weighted by atomic mass is 16.7. The fraction of sp³-hybridized carbons (Fsp3) is 0.125. The Morgan fingerprint density at radius 1 is 0.727 bits per heavy atom. The second kappa shape index (κ2) is 13.3. The first-order valence-electron chi connectivity index (χ1n) is 13.2.